The van der Waals surface area contributed by atoms with Gasteiger partial charge in [-0.25, -0.2) is 0 Å². The SMILES string of the molecule is CC1C[CH]CC(C)C1C(C)(C)C. The highest BCUT2D eigenvalue weighted by molar-refractivity contribution is 4.91. The monoisotopic (exact) mass is 167 g/mol. The molecule has 1 aliphatic carbocycles. The van der Waals surface area contributed by atoms with Crippen molar-refractivity contribution in [1.29, 1.82) is 0 Å². The van der Waals surface area contributed by atoms with E-state index >= 15 is 0 Å². The molecule has 0 saturated heterocycles. The smallest absolute Gasteiger partial charge is 0.0314 e. The third kappa shape index (κ3) is 2.02. The summed E-state index contributed by atoms with van der Waals surface area (Å²) in [6.07, 6.45) is 5.12. The lowest BCUT2D eigenvalue weighted by atomic mass is 9.62. The molecule has 0 aromatic rings. The normalized spacial score (nSPS) is 38.2. The van der Waals surface area contributed by atoms with Gasteiger partial charge in [-0.3, -0.25) is 0 Å². The Kier molecular flexibility index (Phi) is 2.85. The highest BCUT2D eigenvalue weighted by atomic mass is 14.4. The van der Waals surface area contributed by atoms with Crippen LogP contribution < -0.4 is 0 Å². The van der Waals surface area contributed by atoms with Gasteiger partial charge >= 0.3 is 0 Å². The molecule has 0 aromatic heterocycles. The van der Waals surface area contributed by atoms with E-state index in [1.165, 1.54) is 12.8 Å². The molecule has 0 spiro atoms. The molecular formula is C12H23. The molecule has 1 saturated carbocycles. The Balaban J connectivity index is 2.69. The van der Waals surface area contributed by atoms with Gasteiger partial charge in [0.25, 0.3) is 0 Å². The number of hydrogen-bond acceptors (Lipinski definition) is 0. The van der Waals surface area contributed by atoms with Crippen molar-refractivity contribution in [2.75, 3.05) is 0 Å². The topological polar surface area (TPSA) is 0 Å². The lowest BCUT2D eigenvalue weighted by molar-refractivity contribution is 0.0839. The first-order valence-corrected chi connectivity index (χ1v) is 5.24. The Labute approximate surface area is 77.7 Å². The summed E-state index contributed by atoms with van der Waals surface area (Å²) in [5, 5.41) is 0. The van der Waals surface area contributed by atoms with Gasteiger partial charge in [-0.2, -0.15) is 0 Å². The van der Waals surface area contributed by atoms with Gasteiger partial charge in [0.15, 0.2) is 0 Å². The highest BCUT2D eigenvalue weighted by Crippen LogP contribution is 2.44. The maximum atomic E-state index is 2.47. The molecule has 0 aliphatic heterocycles. The van der Waals surface area contributed by atoms with E-state index < -0.39 is 0 Å². The van der Waals surface area contributed by atoms with Gasteiger partial charge in [0.2, 0.25) is 0 Å². The molecule has 0 aromatic carbocycles. The molecule has 1 rings (SSSR count). The molecule has 0 amide bonds. The summed E-state index contributed by atoms with van der Waals surface area (Å²) in [6, 6.07) is 0. The zero-order valence-electron chi connectivity index (χ0n) is 9.22. The second kappa shape index (κ2) is 3.40. The minimum absolute atomic E-state index is 0.493. The molecule has 0 heteroatoms. The van der Waals surface area contributed by atoms with Crippen LogP contribution in [-0.4, -0.2) is 0 Å². The molecule has 0 bridgehead atoms. The fraction of sp³-hybridized carbons (Fsp3) is 0.917. The first-order valence-electron chi connectivity index (χ1n) is 5.24. The molecule has 0 nitrogen and oxygen atoms in total. The van der Waals surface area contributed by atoms with E-state index in [2.05, 4.69) is 41.0 Å². The molecule has 2 unspecified atom stereocenters. The molecule has 1 aliphatic rings. The van der Waals surface area contributed by atoms with Crippen molar-refractivity contribution in [3.05, 3.63) is 6.42 Å². The second-order valence-corrected chi connectivity index (χ2v) is 5.61. The van der Waals surface area contributed by atoms with E-state index in [0.29, 0.717) is 5.41 Å². The van der Waals surface area contributed by atoms with Crippen molar-refractivity contribution in [3.8, 4) is 0 Å². The molecule has 0 heterocycles. The highest BCUT2D eigenvalue weighted by Gasteiger charge is 2.36. The van der Waals surface area contributed by atoms with Crippen LogP contribution in [0.25, 0.3) is 0 Å². The van der Waals surface area contributed by atoms with Crippen LogP contribution in [0.4, 0.5) is 0 Å². The fourth-order valence-corrected chi connectivity index (χ4v) is 3.18. The van der Waals surface area contributed by atoms with Gasteiger partial charge < -0.3 is 0 Å². The quantitative estimate of drug-likeness (QED) is 0.513. The van der Waals surface area contributed by atoms with Crippen LogP contribution in [0.3, 0.4) is 0 Å². The van der Waals surface area contributed by atoms with Gasteiger partial charge in [-0.1, -0.05) is 34.6 Å². The lowest BCUT2D eigenvalue weighted by Crippen LogP contribution is -2.35. The first-order chi connectivity index (χ1) is 5.43. The first kappa shape index (κ1) is 10.1. The Bertz CT molecular complexity index is 131. The van der Waals surface area contributed by atoms with Crippen molar-refractivity contribution < 1.29 is 0 Å². The molecule has 12 heavy (non-hydrogen) atoms. The Morgan fingerprint density at radius 2 is 1.42 bits per heavy atom. The minimum atomic E-state index is 0.493. The molecular weight excluding hydrogens is 144 g/mol. The van der Waals surface area contributed by atoms with Crippen molar-refractivity contribution >= 4 is 0 Å². The van der Waals surface area contributed by atoms with Crippen LogP contribution in [0, 0.1) is 29.6 Å². The van der Waals surface area contributed by atoms with Crippen LogP contribution in [-0.2, 0) is 0 Å². The standard InChI is InChI=1S/C12H23/c1-9-7-6-8-10(2)11(9)12(3,4)5/h6,9-11H,7-8H2,1-5H3. The van der Waals surface area contributed by atoms with Gasteiger partial charge in [-0.05, 0) is 42.4 Å². The molecule has 71 valence electrons. The molecule has 1 fully saturated rings. The zero-order valence-corrected chi connectivity index (χ0v) is 9.22. The third-order valence-electron chi connectivity index (χ3n) is 3.30. The van der Waals surface area contributed by atoms with Crippen LogP contribution in [0.15, 0.2) is 0 Å². The second-order valence-electron chi connectivity index (χ2n) is 5.61. The van der Waals surface area contributed by atoms with E-state index in [0.717, 1.165) is 17.8 Å². The summed E-state index contributed by atoms with van der Waals surface area (Å²) in [5.74, 6) is 2.67. The van der Waals surface area contributed by atoms with Crippen molar-refractivity contribution in [1.82, 2.24) is 0 Å². The predicted molar refractivity (Wildman–Crippen MR) is 54.8 cm³/mol. The van der Waals surface area contributed by atoms with Gasteiger partial charge in [-0.15, -0.1) is 0 Å². The van der Waals surface area contributed by atoms with E-state index in [9.17, 15) is 0 Å². The van der Waals surface area contributed by atoms with E-state index in [-0.39, 0.29) is 0 Å². The zero-order chi connectivity index (χ0) is 9.35. The van der Waals surface area contributed by atoms with Crippen molar-refractivity contribution in [2.45, 2.75) is 47.5 Å². The summed E-state index contributed by atoms with van der Waals surface area (Å²) in [4.78, 5) is 0. The summed E-state index contributed by atoms with van der Waals surface area (Å²) in [6.45, 7) is 12.0. The average molecular weight is 167 g/mol. The Morgan fingerprint density at radius 1 is 1.00 bits per heavy atom. The number of rotatable bonds is 0. The average Bonchev–Trinajstić information content (AvgIpc) is 1.82. The van der Waals surface area contributed by atoms with E-state index in [1.807, 2.05) is 0 Å². The Morgan fingerprint density at radius 3 is 1.67 bits per heavy atom. The van der Waals surface area contributed by atoms with Crippen LogP contribution in [0.5, 0.6) is 0 Å². The number of hydrogen-bond donors (Lipinski definition) is 0. The Hall–Kier alpha value is 0. The lowest BCUT2D eigenvalue weighted by Gasteiger charge is -2.43. The van der Waals surface area contributed by atoms with Gasteiger partial charge in [0.05, 0.1) is 0 Å². The third-order valence-corrected chi connectivity index (χ3v) is 3.30. The van der Waals surface area contributed by atoms with Crippen LogP contribution in [0.1, 0.15) is 47.5 Å². The van der Waals surface area contributed by atoms with Gasteiger partial charge in [0.1, 0.15) is 0 Å². The van der Waals surface area contributed by atoms with Crippen molar-refractivity contribution in [2.24, 2.45) is 23.2 Å². The van der Waals surface area contributed by atoms with E-state index in [4.69, 9.17) is 0 Å². The largest absolute Gasteiger partial charge is 0.0622 e. The molecule has 1 radical (unpaired) electrons. The summed E-state index contributed by atoms with van der Waals surface area (Å²) in [5.41, 5.74) is 0.493. The van der Waals surface area contributed by atoms with Gasteiger partial charge in [0, 0.05) is 0 Å². The summed E-state index contributed by atoms with van der Waals surface area (Å²) in [7, 11) is 0. The predicted octanol–water partition coefficient (Wildman–Crippen LogP) is 3.92. The molecule has 2 atom stereocenters. The van der Waals surface area contributed by atoms with E-state index in [1.54, 1.807) is 0 Å². The van der Waals surface area contributed by atoms with Crippen LogP contribution in [0.2, 0.25) is 0 Å². The molecule has 0 N–H and O–H groups in total. The fourth-order valence-electron chi connectivity index (χ4n) is 3.18. The van der Waals surface area contributed by atoms with Crippen LogP contribution >= 0.6 is 0 Å². The maximum Gasteiger partial charge on any atom is -0.0314 e. The minimum Gasteiger partial charge on any atom is -0.0622 e. The summed E-state index contributed by atoms with van der Waals surface area (Å²) >= 11 is 0. The summed E-state index contributed by atoms with van der Waals surface area (Å²) < 4.78 is 0. The van der Waals surface area contributed by atoms with Crippen molar-refractivity contribution in [3.63, 3.8) is 0 Å². The maximum absolute atomic E-state index is 2.47.